The zero-order chi connectivity index (χ0) is 20.8. The van der Waals surface area contributed by atoms with Gasteiger partial charge in [-0.1, -0.05) is 78.0 Å². The molecule has 3 heterocycles. The van der Waals surface area contributed by atoms with Crippen LogP contribution in [0.1, 0.15) is 43.0 Å². The van der Waals surface area contributed by atoms with Gasteiger partial charge in [0, 0.05) is 40.3 Å². The minimum Gasteiger partial charge on any atom is -0.355 e. The first-order valence-electron chi connectivity index (χ1n) is 10.9. The van der Waals surface area contributed by atoms with Crippen molar-refractivity contribution in [2.75, 3.05) is 11.0 Å². The van der Waals surface area contributed by atoms with Gasteiger partial charge in [0.15, 0.2) is 0 Å². The van der Waals surface area contributed by atoms with Crippen molar-refractivity contribution in [2.24, 2.45) is 5.41 Å². The van der Waals surface area contributed by atoms with Gasteiger partial charge in [-0.3, -0.25) is 10.1 Å². The number of aromatic nitrogens is 1. The lowest BCUT2D eigenvalue weighted by Crippen LogP contribution is -2.63. The van der Waals surface area contributed by atoms with Crippen LogP contribution in [0.4, 0.5) is 0 Å². The standard InChI is InChI=1S/C25H28IN3O/c1-2-24(13-14-26)16-22(30)29(17-18-8-4-3-5-9-18)25(24)23-20(12-15-27-25)19-10-6-7-11-21(19)28-23/h3-11,27-28H,2,12-17H2,1H3/t24-,25+/m0/s1. The van der Waals surface area contributed by atoms with Crippen LogP contribution in [0.25, 0.3) is 10.9 Å². The van der Waals surface area contributed by atoms with E-state index in [9.17, 15) is 4.79 Å². The highest BCUT2D eigenvalue weighted by Crippen LogP contribution is 2.57. The van der Waals surface area contributed by atoms with Crippen LogP contribution in [0.5, 0.6) is 0 Å². The van der Waals surface area contributed by atoms with Gasteiger partial charge < -0.3 is 9.88 Å². The van der Waals surface area contributed by atoms with Crippen LogP contribution in [0.2, 0.25) is 0 Å². The molecule has 0 radical (unpaired) electrons. The Labute approximate surface area is 191 Å². The largest absolute Gasteiger partial charge is 0.355 e. The normalized spacial score (nSPS) is 25.9. The summed E-state index contributed by atoms with van der Waals surface area (Å²) in [5.74, 6) is 0.254. The van der Waals surface area contributed by atoms with Crippen LogP contribution in [0.3, 0.4) is 0 Å². The molecule has 1 amide bonds. The second-order valence-corrected chi connectivity index (χ2v) is 9.71. The Hall–Kier alpha value is -1.86. The average Bonchev–Trinajstić information content (AvgIpc) is 3.26. The Bertz CT molecular complexity index is 1080. The van der Waals surface area contributed by atoms with Crippen molar-refractivity contribution < 1.29 is 4.79 Å². The fourth-order valence-electron chi connectivity index (χ4n) is 5.88. The maximum atomic E-state index is 13.6. The van der Waals surface area contributed by atoms with Crippen LogP contribution in [0, 0.1) is 5.41 Å². The Kier molecular flexibility index (Phi) is 5.14. The number of nitrogens with zero attached hydrogens (tertiary/aromatic N) is 1. The molecule has 2 aromatic carbocycles. The lowest BCUT2D eigenvalue weighted by Gasteiger charge is -2.51. The maximum absolute atomic E-state index is 13.6. The number of H-pyrrole nitrogens is 1. The predicted molar refractivity (Wildman–Crippen MR) is 130 cm³/mol. The summed E-state index contributed by atoms with van der Waals surface area (Å²) in [5, 5.41) is 5.21. The van der Waals surface area contributed by atoms with E-state index in [1.54, 1.807) is 0 Å². The number of aromatic amines is 1. The van der Waals surface area contributed by atoms with E-state index in [0.29, 0.717) is 13.0 Å². The van der Waals surface area contributed by atoms with Gasteiger partial charge in [0.1, 0.15) is 5.66 Å². The van der Waals surface area contributed by atoms with Crippen molar-refractivity contribution in [3.8, 4) is 0 Å². The molecule has 0 aliphatic carbocycles. The molecule has 2 atom stereocenters. The Balaban J connectivity index is 1.75. The number of rotatable bonds is 5. The number of carbonyl (C=O) groups is 1. The zero-order valence-electron chi connectivity index (χ0n) is 17.4. The molecule has 5 rings (SSSR count). The number of halogens is 1. The summed E-state index contributed by atoms with van der Waals surface area (Å²) in [4.78, 5) is 19.5. The van der Waals surface area contributed by atoms with Crippen LogP contribution >= 0.6 is 22.6 Å². The molecular weight excluding hydrogens is 485 g/mol. The molecule has 2 aliphatic rings. The average molecular weight is 513 g/mol. The van der Waals surface area contributed by atoms with E-state index < -0.39 is 5.66 Å². The molecule has 1 fully saturated rings. The lowest BCUT2D eigenvalue weighted by molar-refractivity contribution is -0.134. The number of hydrogen-bond donors (Lipinski definition) is 2. The first kappa shape index (κ1) is 20.1. The smallest absolute Gasteiger partial charge is 0.225 e. The minimum absolute atomic E-state index is 0.129. The highest BCUT2D eigenvalue weighted by atomic mass is 127. The van der Waals surface area contributed by atoms with E-state index in [2.05, 4.69) is 93.2 Å². The quantitative estimate of drug-likeness (QED) is 0.368. The first-order valence-corrected chi connectivity index (χ1v) is 12.4. The highest BCUT2D eigenvalue weighted by molar-refractivity contribution is 14.1. The van der Waals surface area contributed by atoms with Crippen LogP contribution < -0.4 is 5.32 Å². The Morgan fingerprint density at radius 2 is 1.87 bits per heavy atom. The van der Waals surface area contributed by atoms with Crippen molar-refractivity contribution in [1.82, 2.24) is 15.2 Å². The molecule has 2 N–H and O–H groups in total. The van der Waals surface area contributed by atoms with Crippen molar-refractivity contribution in [3.63, 3.8) is 0 Å². The van der Waals surface area contributed by atoms with Crippen molar-refractivity contribution in [3.05, 3.63) is 71.4 Å². The maximum Gasteiger partial charge on any atom is 0.225 e. The molecule has 30 heavy (non-hydrogen) atoms. The van der Waals surface area contributed by atoms with Gasteiger partial charge >= 0.3 is 0 Å². The minimum atomic E-state index is -0.494. The van der Waals surface area contributed by atoms with Crippen molar-refractivity contribution >= 4 is 39.4 Å². The van der Waals surface area contributed by atoms with Crippen LogP contribution in [-0.2, 0) is 23.4 Å². The van der Waals surface area contributed by atoms with E-state index >= 15 is 0 Å². The summed E-state index contributed by atoms with van der Waals surface area (Å²) in [7, 11) is 0. The fourth-order valence-corrected chi connectivity index (χ4v) is 6.91. The Morgan fingerprint density at radius 1 is 1.10 bits per heavy atom. The summed E-state index contributed by atoms with van der Waals surface area (Å²) in [6, 6.07) is 19.0. The molecule has 5 heteroatoms. The molecule has 156 valence electrons. The predicted octanol–water partition coefficient (Wildman–Crippen LogP) is 5.12. The van der Waals surface area contributed by atoms with Gasteiger partial charge in [0.2, 0.25) is 5.91 Å². The number of amides is 1. The molecule has 2 aliphatic heterocycles. The third-order valence-corrected chi connectivity index (χ3v) is 7.87. The molecule has 3 aromatic rings. The van der Waals surface area contributed by atoms with E-state index in [0.717, 1.165) is 30.2 Å². The van der Waals surface area contributed by atoms with E-state index in [1.807, 2.05) is 6.07 Å². The summed E-state index contributed by atoms with van der Waals surface area (Å²) in [6.45, 7) is 3.77. The number of benzene rings is 2. The zero-order valence-corrected chi connectivity index (χ0v) is 19.5. The summed E-state index contributed by atoms with van der Waals surface area (Å²) in [5.41, 5.74) is 4.32. The molecule has 1 saturated heterocycles. The summed E-state index contributed by atoms with van der Waals surface area (Å²) >= 11 is 2.47. The SMILES string of the molecule is CC[C@]1(CCI)CC(=O)N(Cc2ccccc2)[C@@]12NCCc1c2[nH]c2ccccc12. The van der Waals surface area contributed by atoms with Gasteiger partial charge in [-0.2, -0.15) is 0 Å². The lowest BCUT2D eigenvalue weighted by atomic mass is 9.67. The number of alkyl halides is 1. The van der Waals surface area contributed by atoms with Gasteiger partial charge in [-0.15, -0.1) is 0 Å². The second-order valence-electron chi connectivity index (χ2n) is 8.63. The molecule has 4 nitrogen and oxygen atoms in total. The van der Waals surface area contributed by atoms with Crippen LogP contribution in [-0.4, -0.2) is 26.8 Å². The molecule has 0 saturated carbocycles. The number of fused-ring (bicyclic) bond motifs is 4. The van der Waals surface area contributed by atoms with E-state index in [-0.39, 0.29) is 11.3 Å². The monoisotopic (exact) mass is 513 g/mol. The Morgan fingerprint density at radius 3 is 2.63 bits per heavy atom. The number of para-hydroxylation sites is 1. The number of hydrogen-bond acceptors (Lipinski definition) is 2. The molecule has 0 unspecified atom stereocenters. The summed E-state index contributed by atoms with van der Waals surface area (Å²) in [6.07, 6.45) is 3.57. The van der Waals surface area contributed by atoms with E-state index in [1.165, 1.54) is 27.7 Å². The topological polar surface area (TPSA) is 48.1 Å². The van der Waals surface area contributed by atoms with E-state index in [4.69, 9.17) is 0 Å². The third kappa shape index (κ3) is 2.78. The molecule has 0 bridgehead atoms. The second kappa shape index (κ2) is 7.68. The molecular formula is C25H28IN3O. The first-order chi connectivity index (χ1) is 14.6. The number of likely N-dealkylation sites (tertiary alicyclic amines) is 1. The number of carbonyl (C=O) groups excluding carboxylic acids is 1. The molecule has 1 spiro atoms. The van der Waals surface area contributed by atoms with Gasteiger partial charge in [0.05, 0.1) is 5.69 Å². The van der Waals surface area contributed by atoms with Crippen molar-refractivity contribution in [1.29, 1.82) is 0 Å². The van der Waals surface area contributed by atoms with Gasteiger partial charge in [-0.05, 0) is 36.5 Å². The van der Waals surface area contributed by atoms with Crippen molar-refractivity contribution in [2.45, 2.75) is 44.8 Å². The molecule has 1 aromatic heterocycles. The van der Waals surface area contributed by atoms with Crippen LogP contribution in [0.15, 0.2) is 54.6 Å². The highest BCUT2D eigenvalue weighted by Gasteiger charge is 2.64. The summed E-state index contributed by atoms with van der Waals surface area (Å²) < 4.78 is 1.04. The number of nitrogens with one attached hydrogen (secondary N) is 2. The fraction of sp³-hybridized carbons (Fsp3) is 0.400. The van der Waals surface area contributed by atoms with Gasteiger partial charge in [0.25, 0.3) is 0 Å². The third-order valence-electron chi connectivity index (χ3n) is 7.33. The van der Waals surface area contributed by atoms with Gasteiger partial charge in [-0.25, -0.2) is 0 Å².